The van der Waals surface area contributed by atoms with E-state index in [0.717, 1.165) is 6.42 Å². The maximum Gasteiger partial charge on any atom is 0.287 e. The van der Waals surface area contributed by atoms with Gasteiger partial charge in [-0.3, -0.25) is 4.79 Å². The van der Waals surface area contributed by atoms with Crippen molar-refractivity contribution < 1.29 is 0 Å². The molecule has 2 aromatic rings. The first kappa shape index (κ1) is 15.6. The Balaban J connectivity index is 2.21. The van der Waals surface area contributed by atoms with Crippen LogP contribution >= 0.6 is 11.6 Å². The lowest BCUT2D eigenvalue weighted by atomic mass is 10.1. The van der Waals surface area contributed by atoms with Crippen LogP contribution in [0.5, 0.6) is 0 Å². The molecule has 0 saturated carbocycles. The topological polar surface area (TPSA) is 46.9 Å². The Hall–Kier alpha value is -1.81. The molecule has 21 heavy (non-hydrogen) atoms. The number of nitrogens with one attached hydrogen (secondary N) is 1. The molecule has 0 spiro atoms. The second-order valence-electron chi connectivity index (χ2n) is 5.19. The highest BCUT2D eigenvalue weighted by Crippen LogP contribution is 2.18. The van der Waals surface area contributed by atoms with E-state index in [1.807, 2.05) is 26.0 Å². The second kappa shape index (κ2) is 6.76. The molecule has 0 atom stereocenters. The zero-order valence-electron chi connectivity index (χ0n) is 12.6. The minimum atomic E-state index is -0.263. The van der Waals surface area contributed by atoms with Crippen molar-refractivity contribution in [1.82, 2.24) is 9.78 Å². The van der Waals surface area contributed by atoms with E-state index in [-0.39, 0.29) is 16.6 Å². The number of rotatable bonds is 5. The molecule has 0 aliphatic carbocycles. The first-order chi connectivity index (χ1) is 10.0. The fraction of sp³-hybridized carbons (Fsp3) is 0.375. The Kier molecular flexibility index (Phi) is 5.02. The summed E-state index contributed by atoms with van der Waals surface area (Å²) in [6.07, 6.45) is 2.58. The lowest BCUT2D eigenvalue weighted by Gasteiger charge is -2.13. The summed E-state index contributed by atoms with van der Waals surface area (Å²) in [5.41, 5.74) is 2.79. The molecule has 2 rings (SSSR count). The minimum Gasteiger partial charge on any atom is -0.378 e. The van der Waals surface area contributed by atoms with E-state index in [0.29, 0.717) is 12.2 Å². The molecule has 0 aliphatic heterocycles. The van der Waals surface area contributed by atoms with Crippen LogP contribution in [0.15, 0.2) is 35.3 Å². The van der Waals surface area contributed by atoms with Crippen LogP contribution in [0.3, 0.4) is 0 Å². The standard InChI is InChI=1S/C16H20ClN3O/c1-4-12-7-5-6-8-13(12)9-18-14-10-19-20(11(2)3)16(21)15(14)17/h5-8,10-11,18H,4,9H2,1-3H3. The van der Waals surface area contributed by atoms with E-state index in [2.05, 4.69) is 29.5 Å². The van der Waals surface area contributed by atoms with Gasteiger partial charge in [0.15, 0.2) is 0 Å². The summed E-state index contributed by atoms with van der Waals surface area (Å²) in [6, 6.07) is 8.20. The van der Waals surface area contributed by atoms with Crippen molar-refractivity contribution in [3.05, 3.63) is 57.0 Å². The monoisotopic (exact) mass is 305 g/mol. The first-order valence-electron chi connectivity index (χ1n) is 7.12. The van der Waals surface area contributed by atoms with Crippen molar-refractivity contribution in [2.24, 2.45) is 0 Å². The highest BCUT2D eigenvalue weighted by atomic mass is 35.5. The molecule has 1 heterocycles. The molecule has 4 nitrogen and oxygen atoms in total. The molecule has 0 fully saturated rings. The zero-order chi connectivity index (χ0) is 15.4. The summed E-state index contributed by atoms with van der Waals surface area (Å²) in [6.45, 7) is 6.54. The van der Waals surface area contributed by atoms with Crippen LogP contribution < -0.4 is 10.9 Å². The molecule has 0 bridgehead atoms. The van der Waals surface area contributed by atoms with Gasteiger partial charge in [-0.1, -0.05) is 42.8 Å². The number of aryl methyl sites for hydroxylation is 1. The smallest absolute Gasteiger partial charge is 0.287 e. The number of halogens is 1. The van der Waals surface area contributed by atoms with Crippen LogP contribution in [0.4, 0.5) is 5.69 Å². The van der Waals surface area contributed by atoms with Gasteiger partial charge in [0, 0.05) is 6.54 Å². The van der Waals surface area contributed by atoms with Gasteiger partial charge in [-0.25, -0.2) is 4.68 Å². The van der Waals surface area contributed by atoms with Gasteiger partial charge in [0.1, 0.15) is 5.02 Å². The molecule has 0 radical (unpaired) electrons. The van der Waals surface area contributed by atoms with Crippen molar-refractivity contribution in [3.8, 4) is 0 Å². The number of hydrogen-bond acceptors (Lipinski definition) is 3. The molecule has 5 heteroatoms. The second-order valence-corrected chi connectivity index (χ2v) is 5.57. The summed E-state index contributed by atoms with van der Waals surface area (Å²) in [4.78, 5) is 12.1. The van der Waals surface area contributed by atoms with Gasteiger partial charge in [-0.2, -0.15) is 5.10 Å². The molecule has 1 N–H and O–H groups in total. The summed E-state index contributed by atoms with van der Waals surface area (Å²) in [7, 11) is 0. The third-order valence-corrected chi connectivity index (χ3v) is 3.77. The fourth-order valence-electron chi connectivity index (χ4n) is 2.20. The lowest BCUT2D eigenvalue weighted by molar-refractivity contribution is 0.503. The molecule has 0 saturated heterocycles. The van der Waals surface area contributed by atoms with Gasteiger partial charge in [0.05, 0.1) is 17.9 Å². The average molecular weight is 306 g/mol. The number of nitrogens with zero attached hydrogens (tertiary/aromatic N) is 2. The van der Waals surface area contributed by atoms with E-state index < -0.39 is 0 Å². The third-order valence-electron chi connectivity index (χ3n) is 3.40. The zero-order valence-corrected chi connectivity index (χ0v) is 13.3. The van der Waals surface area contributed by atoms with E-state index in [1.54, 1.807) is 6.20 Å². The van der Waals surface area contributed by atoms with Crippen LogP contribution in [0.25, 0.3) is 0 Å². The predicted octanol–water partition coefficient (Wildman–Crippen LogP) is 3.65. The first-order valence-corrected chi connectivity index (χ1v) is 7.50. The van der Waals surface area contributed by atoms with Crippen LogP contribution in [-0.4, -0.2) is 9.78 Å². The van der Waals surface area contributed by atoms with E-state index in [9.17, 15) is 4.79 Å². The Morgan fingerprint density at radius 1 is 1.29 bits per heavy atom. The van der Waals surface area contributed by atoms with E-state index in [4.69, 9.17) is 11.6 Å². The Morgan fingerprint density at radius 2 is 1.95 bits per heavy atom. The molecule has 0 amide bonds. The molecule has 112 valence electrons. The number of hydrogen-bond donors (Lipinski definition) is 1. The highest BCUT2D eigenvalue weighted by Gasteiger charge is 2.11. The van der Waals surface area contributed by atoms with Gasteiger partial charge >= 0.3 is 0 Å². The summed E-state index contributed by atoms with van der Waals surface area (Å²) >= 11 is 6.15. The van der Waals surface area contributed by atoms with Gasteiger partial charge in [-0.15, -0.1) is 0 Å². The van der Waals surface area contributed by atoms with E-state index >= 15 is 0 Å². The van der Waals surface area contributed by atoms with Crippen LogP contribution in [-0.2, 0) is 13.0 Å². The maximum atomic E-state index is 12.1. The van der Waals surface area contributed by atoms with E-state index in [1.165, 1.54) is 15.8 Å². The molecule has 0 aliphatic rings. The van der Waals surface area contributed by atoms with Gasteiger partial charge in [0.2, 0.25) is 0 Å². The number of aromatic nitrogens is 2. The Bertz CT molecular complexity index is 679. The summed E-state index contributed by atoms with van der Waals surface area (Å²) < 4.78 is 1.38. The number of anilines is 1. The Morgan fingerprint density at radius 3 is 2.57 bits per heavy atom. The summed E-state index contributed by atoms with van der Waals surface area (Å²) in [5.74, 6) is 0. The van der Waals surface area contributed by atoms with Crippen LogP contribution in [0.2, 0.25) is 5.02 Å². The largest absolute Gasteiger partial charge is 0.378 e. The number of benzene rings is 1. The van der Waals surface area contributed by atoms with Crippen molar-refractivity contribution in [1.29, 1.82) is 0 Å². The maximum absolute atomic E-state index is 12.1. The van der Waals surface area contributed by atoms with Crippen molar-refractivity contribution in [2.75, 3.05) is 5.32 Å². The third kappa shape index (κ3) is 3.45. The molecule has 1 aromatic heterocycles. The SMILES string of the molecule is CCc1ccccc1CNc1cnn(C(C)C)c(=O)c1Cl. The highest BCUT2D eigenvalue weighted by molar-refractivity contribution is 6.32. The van der Waals surface area contributed by atoms with Crippen molar-refractivity contribution in [3.63, 3.8) is 0 Å². The predicted molar refractivity (Wildman–Crippen MR) is 87.0 cm³/mol. The lowest BCUT2D eigenvalue weighted by Crippen LogP contribution is -2.25. The summed E-state index contributed by atoms with van der Waals surface area (Å²) in [5, 5.41) is 7.54. The minimum absolute atomic E-state index is 0.00938. The Labute approximate surface area is 129 Å². The van der Waals surface area contributed by atoms with Gasteiger partial charge < -0.3 is 5.32 Å². The van der Waals surface area contributed by atoms with Gasteiger partial charge in [0.25, 0.3) is 5.56 Å². The molecular formula is C16H20ClN3O. The van der Waals surface area contributed by atoms with Crippen molar-refractivity contribution >= 4 is 17.3 Å². The molecule has 1 aromatic carbocycles. The van der Waals surface area contributed by atoms with Crippen LogP contribution in [0, 0.1) is 0 Å². The average Bonchev–Trinajstić information content (AvgIpc) is 2.48. The van der Waals surface area contributed by atoms with Gasteiger partial charge in [-0.05, 0) is 31.4 Å². The quantitative estimate of drug-likeness (QED) is 0.917. The van der Waals surface area contributed by atoms with Crippen LogP contribution in [0.1, 0.15) is 37.9 Å². The molecular weight excluding hydrogens is 286 g/mol. The molecule has 0 unspecified atom stereocenters. The fourth-order valence-corrected chi connectivity index (χ4v) is 2.40. The normalized spacial score (nSPS) is 10.9. The van der Waals surface area contributed by atoms with Crippen molar-refractivity contribution in [2.45, 2.75) is 39.8 Å².